The molecule has 1 saturated carbocycles. The van der Waals surface area contributed by atoms with Crippen molar-refractivity contribution in [2.45, 2.75) is 39.7 Å². The van der Waals surface area contributed by atoms with Gasteiger partial charge < -0.3 is 10.0 Å². The molecule has 0 bridgehead atoms. The summed E-state index contributed by atoms with van der Waals surface area (Å²) in [6, 6.07) is 0.361. The molecule has 1 aliphatic carbocycles. The third-order valence-electron chi connectivity index (χ3n) is 4.92. The second kappa shape index (κ2) is 6.12. The summed E-state index contributed by atoms with van der Waals surface area (Å²) < 4.78 is 0. The van der Waals surface area contributed by atoms with E-state index in [9.17, 15) is 14.7 Å². The molecule has 4 atom stereocenters. The number of hydrogen-bond acceptors (Lipinski definition) is 3. The smallest absolute Gasteiger partial charge is 0.307 e. The van der Waals surface area contributed by atoms with E-state index in [1.54, 1.807) is 0 Å². The topological polar surface area (TPSA) is 60.9 Å². The normalized spacial score (nSPS) is 35.2. The van der Waals surface area contributed by atoms with Crippen LogP contribution in [0.15, 0.2) is 0 Å². The Morgan fingerprint density at radius 2 is 1.80 bits per heavy atom. The minimum atomic E-state index is -0.812. The average molecular weight is 282 g/mol. The van der Waals surface area contributed by atoms with Crippen molar-refractivity contribution in [3.8, 4) is 0 Å². The van der Waals surface area contributed by atoms with Gasteiger partial charge in [0.05, 0.1) is 11.8 Å². The van der Waals surface area contributed by atoms with Gasteiger partial charge in [-0.15, -0.1) is 0 Å². The standard InChI is InChI=1S/C15H26N2O3/c1-4-16-5-6-17(9-11(16)3)14(18)12-7-10(2)8-13(12)15(19)20/h10-13H,4-9H2,1-3H3,(H,19,20)/t10?,11?,12-,13+/m0/s1. The molecule has 2 aliphatic rings. The van der Waals surface area contributed by atoms with Crippen LogP contribution in [0.1, 0.15) is 33.6 Å². The van der Waals surface area contributed by atoms with Crippen molar-refractivity contribution in [3.63, 3.8) is 0 Å². The first-order valence-corrected chi connectivity index (χ1v) is 7.69. The monoisotopic (exact) mass is 282 g/mol. The first-order valence-electron chi connectivity index (χ1n) is 7.69. The molecule has 0 aromatic heterocycles. The fourth-order valence-corrected chi connectivity index (χ4v) is 3.74. The Morgan fingerprint density at radius 3 is 2.35 bits per heavy atom. The molecule has 1 saturated heterocycles. The summed E-state index contributed by atoms with van der Waals surface area (Å²) in [5.74, 6) is -1.23. The van der Waals surface area contributed by atoms with E-state index in [4.69, 9.17) is 0 Å². The Balaban J connectivity index is 2.02. The molecule has 2 unspecified atom stereocenters. The number of carbonyl (C=O) groups excluding carboxylic acids is 1. The molecule has 0 aromatic rings. The zero-order chi connectivity index (χ0) is 14.9. The van der Waals surface area contributed by atoms with Crippen molar-refractivity contribution in [1.29, 1.82) is 0 Å². The van der Waals surface area contributed by atoms with E-state index in [-0.39, 0.29) is 11.8 Å². The van der Waals surface area contributed by atoms with E-state index in [0.29, 0.717) is 18.4 Å². The van der Waals surface area contributed by atoms with Crippen molar-refractivity contribution in [2.75, 3.05) is 26.2 Å². The quantitative estimate of drug-likeness (QED) is 0.847. The van der Waals surface area contributed by atoms with E-state index in [1.165, 1.54) is 0 Å². The van der Waals surface area contributed by atoms with Crippen molar-refractivity contribution in [3.05, 3.63) is 0 Å². The number of carboxylic acid groups (broad SMARTS) is 1. The second-order valence-electron chi connectivity index (χ2n) is 6.39. The molecule has 1 N–H and O–H groups in total. The molecule has 20 heavy (non-hydrogen) atoms. The Bertz CT molecular complexity index is 385. The van der Waals surface area contributed by atoms with Gasteiger partial charge in [-0.25, -0.2) is 0 Å². The molecule has 1 amide bonds. The number of carbonyl (C=O) groups is 2. The molecule has 0 spiro atoms. The maximum atomic E-state index is 12.6. The number of amides is 1. The van der Waals surface area contributed by atoms with E-state index in [1.807, 2.05) is 11.8 Å². The Kier molecular flexibility index (Phi) is 4.68. The molecule has 1 aliphatic heterocycles. The van der Waals surface area contributed by atoms with Crippen LogP contribution < -0.4 is 0 Å². The molecular weight excluding hydrogens is 256 g/mol. The van der Waals surface area contributed by atoms with Crippen molar-refractivity contribution < 1.29 is 14.7 Å². The molecule has 2 fully saturated rings. The summed E-state index contributed by atoms with van der Waals surface area (Å²) in [5, 5.41) is 9.30. The van der Waals surface area contributed by atoms with Gasteiger partial charge in [-0.3, -0.25) is 14.5 Å². The molecule has 5 nitrogen and oxygen atoms in total. The molecule has 5 heteroatoms. The molecule has 0 aromatic carbocycles. The first-order chi connectivity index (χ1) is 9.43. The van der Waals surface area contributed by atoms with Crippen LogP contribution in [0.4, 0.5) is 0 Å². The van der Waals surface area contributed by atoms with Crippen LogP contribution in [0.2, 0.25) is 0 Å². The van der Waals surface area contributed by atoms with Gasteiger partial charge in [0.15, 0.2) is 0 Å². The summed E-state index contributed by atoms with van der Waals surface area (Å²) in [7, 11) is 0. The van der Waals surface area contributed by atoms with Gasteiger partial charge in [0.1, 0.15) is 0 Å². The van der Waals surface area contributed by atoms with Gasteiger partial charge >= 0.3 is 5.97 Å². The maximum Gasteiger partial charge on any atom is 0.307 e. The molecule has 0 radical (unpaired) electrons. The van der Waals surface area contributed by atoms with Crippen LogP contribution in [-0.2, 0) is 9.59 Å². The summed E-state index contributed by atoms with van der Waals surface area (Å²) >= 11 is 0. The predicted octanol–water partition coefficient (Wildman–Crippen LogP) is 1.29. The lowest BCUT2D eigenvalue weighted by molar-refractivity contribution is -0.150. The highest BCUT2D eigenvalue weighted by atomic mass is 16.4. The third-order valence-corrected chi connectivity index (χ3v) is 4.92. The predicted molar refractivity (Wildman–Crippen MR) is 76.3 cm³/mol. The largest absolute Gasteiger partial charge is 0.481 e. The van der Waals surface area contributed by atoms with Crippen LogP contribution in [0.5, 0.6) is 0 Å². The highest BCUT2D eigenvalue weighted by molar-refractivity contribution is 5.85. The van der Waals surface area contributed by atoms with E-state index in [0.717, 1.165) is 32.6 Å². The SMILES string of the molecule is CCN1CCN(C(=O)[C@H]2CC(C)C[C@H]2C(=O)O)CC1C. The number of rotatable bonds is 3. The summed E-state index contributed by atoms with van der Waals surface area (Å²) in [6.45, 7) is 9.66. The number of aliphatic carboxylic acids is 1. The average Bonchev–Trinajstić information content (AvgIpc) is 2.80. The van der Waals surface area contributed by atoms with Crippen LogP contribution in [-0.4, -0.2) is 59.0 Å². The van der Waals surface area contributed by atoms with Crippen LogP contribution in [0.25, 0.3) is 0 Å². The lowest BCUT2D eigenvalue weighted by atomic mass is 9.94. The maximum absolute atomic E-state index is 12.6. The minimum Gasteiger partial charge on any atom is -0.481 e. The van der Waals surface area contributed by atoms with Gasteiger partial charge in [-0.05, 0) is 32.2 Å². The Hall–Kier alpha value is -1.10. The number of likely N-dealkylation sites (N-methyl/N-ethyl adjacent to an activating group) is 1. The van der Waals surface area contributed by atoms with E-state index >= 15 is 0 Å². The van der Waals surface area contributed by atoms with E-state index in [2.05, 4.69) is 18.7 Å². The first kappa shape index (κ1) is 15.3. The van der Waals surface area contributed by atoms with Crippen LogP contribution in [0, 0.1) is 17.8 Å². The van der Waals surface area contributed by atoms with Gasteiger partial charge in [0.2, 0.25) is 5.91 Å². The third kappa shape index (κ3) is 2.97. The number of nitrogens with zero attached hydrogens (tertiary/aromatic N) is 2. The Labute approximate surface area is 120 Å². The minimum absolute atomic E-state index is 0.0596. The number of piperazine rings is 1. The van der Waals surface area contributed by atoms with Gasteiger partial charge in [-0.1, -0.05) is 13.8 Å². The van der Waals surface area contributed by atoms with Gasteiger partial charge in [-0.2, -0.15) is 0 Å². The lowest BCUT2D eigenvalue weighted by Gasteiger charge is -2.40. The Morgan fingerprint density at radius 1 is 1.15 bits per heavy atom. The number of hydrogen-bond donors (Lipinski definition) is 1. The van der Waals surface area contributed by atoms with Gasteiger partial charge in [0, 0.05) is 25.7 Å². The van der Waals surface area contributed by atoms with Crippen molar-refractivity contribution in [2.24, 2.45) is 17.8 Å². The molecule has 2 rings (SSSR count). The van der Waals surface area contributed by atoms with Crippen molar-refractivity contribution in [1.82, 2.24) is 9.80 Å². The van der Waals surface area contributed by atoms with Gasteiger partial charge in [0.25, 0.3) is 0 Å². The van der Waals surface area contributed by atoms with Crippen LogP contribution in [0.3, 0.4) is 0 Å². The zero-order valence-electron chi connectivity index (χ0n) is 12.7. The summed E-state index contributed by atoms with van der Waals surface area (Å²) in [6.07, 6.45) is 1.36. The number of carboxylic acids is 1. The van der Waals surface area contributed by atoms with Crippen molar-refractivity contribution >= 4 is 11.9 Å². The van der Waals surface area contributed by atoms with E-state index < -0.39 is 11.9 Å². The zero-order valence-corrected chi connectivity index (χ0v) is 12.7. The van der Waals surface area contributed by atoms with Crippen LogP contribution >= 0.6 is 0 Å². The highest BCUT2D eigenvalue weighted by Crippen LogP contribution is 2.37. The fraction of sp³-hybridized carbons (Fsp3) is 0.867. The lowest BCUT2D eigenvalue weighted by Crippen LogP contribution is -2.55. The summed E-state index contributed by atoms with van der Waals surface area (Å²) in [5.41, 5.74) is 0. The molecule has 1 heterocycles. The molecule has 114 valence electrons. The fourth-order valence-electron chi connectivity index (χ4n) is 3.74. The molecular formula is C15H26N2O3. The summed E-state index contributed by atoms with van der Waals surface area (Å²) in [4.78, 5) is 28.2. The highest BCUT2D eigenvalue weighted by Gasteiger charge is 2.43. The second-order valence-corrected chi connectivity index (χ2v) is 6.39.